The minimum absolute atomic E-state index is 0.939. The lowest BCUT2D eigenvalue weighted by Gasteiger charge is -1.98. The van der Waals surface area contributed by atoms with Crippen molar-refractivity contribution in [1.29, 1.82) is 0 Å². The molecule has 0 saturated carbocycles. The molecule has 0 bridgehead atoms. The molecule has 1 heterocycles. The highest BCUT2D eigenvalue weighted by Gasteiger charge is 2.04. The Morgan fingerprint density at radius 1 is 1.23 bits per heavy atom. The van der Waals surface area contributed by atoms with Crippen LogP contribution in [0.5, 0.6) is 5.75 Å². The molecular formula is C11H12OS. The lowest BCUT2D eigenvalue weighted by Crippen LogP contribution is -1.80. The van der Waals surface area contributed by atoms with Crippen LogP contribution < -0.4 is 4.74 Å². The first-order valence-corrected chi connectivity index (χ1v) is 5.08. The van der Waals surface area contributed by atoms with Crippen LogP contribution in [0.3, 0.4) is 0 Å². The van der Waals surface area contributed by atoms with E-state index >= 15 is 0 Å². The van der Waals surface area contributed by atoms with Crippen molar-refractivity contribution in [3.8, 4) is 5.75 Å². The summed E-state index contributed by atoms with van der Waals surface area (Å²) in [7, 11) is 1.70. The van der Waals surface area contributed by atoms with E-state index in [0.29, 0.717) is 0 Å². The van der Waals surface area contributed by atoms with Crippen LogP contribution in [0.2, 0.25) is 0 Å². The second kappa shape index (κ2) is 3.04. The first-order valence-electron chi connectivity index (χ1n) is 4.26. The quantitative estimate of drug-likeness (QED) is 0.671. The van der Waals surface area contributed by atoms with Gasteiger partial charge in [0, 0.05) is 9.58 Å². The van der Waals surface area contributed by atoms with Gasteiger partial charge in [-0.3, -0.25) is 0 Å². The smallest absolute Gasteiger partial charge is 0.120 e. The molecule has 68 valence electrons. The number of ether oxygens (including phenoxy) is 1. The van der Waals surface area contributed by atoms with Crippen LogP contribution in [0.4, 0.5) is 0 Å². The molecule has 2 aromatic rings. The lowest BCUT2D eigenvalue weighted by molar-refractivity contribution is 0.415. The molecule has 0 amide bonds. The Labute approximate surface area is 82.0 Å². The van der Waals surface area contributed by atoms with Gasteiger partial charge in [-0.15, -0.1) is 11.3 Å². The maximum Gasteiger partial charge on any atom is 0.120 e. The zero-order valence-corrected chi connectivity index (χ0v) is 8.87. The zero-order valence-electron chi connectivity index (χ0n) is 8.05. The van der Waals surface area contributed by atoms with E-state index in [2.05, 4.69) is 26.0 Å². The van der Waals surface area contributed by atoms with Gasteiger partial charge >= 0.3 is 0 Å². The molecule has 13 heavy (non-hydrogen) atoms. The van der Waals surface area contributed by atoms with Crippen molar-refractivity contribution in [2.24, 2.45) is 0 Å². The molecule has 0 aliphatic heterocycles. The Balaban J connectivity index is 2.73. The second-order valence-electron chi connectivity index (χ2n) is 3.15. The summed E-state index contributed by atoms with van der Waals surface area (Å²) in [5.74, 6) is 0.939. The second-order valence-corrected chi connectivity index (χ2v) is 4.40. The highest BCUT2D eigenvalue weighted by atomic mass is 32.1. The summed E-state index contributed by atoms with van der Waals surface area (Å²) in [6.07, 6.45) is 0. The molecule has 0 unspecified atom stereocenters. The third kappa shape index (κ3) is 1.31. The summed E-state index contributed by atoms with van der Waals surface area (Å²) in [5.41, 5.74) is 1.39. The van der Waals surface area contributed by atoms with E-state index in [1.807, 2.05) is 17.4 Å². The van der Waals surface area contributed by atoms with Gasteiger partial charge in [0.25, 0.3) is 0 Å². The molecule has 2 heteroatoms. The fraction of sp³-hybridized carbons (Fsp3) is 0.273. The van der Waals surface area contributed by atoms with Crippen LogP contribution in [0.25, 0.3) is 10.1 Å². The van der Waals surface area contributed by atoms with E-state index in [0.717, 1.165) is 5.75 Å². The summed E-state index contributed by atoms with van der Waals surface area (Å²) in [5, 5.41) is 1.35. The molecule has 2 rings (SSSR count). The topological polar surface area (TPSA) is 9.23 Å². The van der Waals surface area contributed by atoms with Crippen molar-refractivity contribution in [2.45, 2.75) is 13.8 Å². The summed E-state index contributed by atoms with van der Waals surface area (Å²) in [6.45, 7) is 4.33. The van der Waals surface area contributed by atoms with Crippen LogP contribution >= 0.6 is 11.3 Å². The molecule has 0 radical (unpaired) electrons. The third-order valence-electron chi connectivity index (χ3n) is 2.38. The normalized spacial score (nSPS) is 10.7. The summed E-state index contributed by atoms with van der Waals surface area (Å²) in [6, 6.07) is 6.24. The van der Waals surface area contributed by atoms with Crippen molar-refractivity contribution in [3.63, 3.8) is 0 Å². The molecule has 0 saturated heterocycles. The maximum absolute atomic E-state index is 5.18. The first-order chi connectivity index (χ1) is 6.22. The number of hydrogen-bond acceptors (Lipinski definition) is 2. The lowest BCUT2D eigenvalue weighted by atomic mass is 10.1. The van der Waals surface area contributed by atoms with Crippen LogP contribution in [0, 0.1) is 13.8 Å². The Bertz CT molecular complexity index is 443. The first kappa shape index (κ1) is 8.57. The van der Waals surface area contributed by atoms with Crippen LogP contribution in [-0.2, 0) is 0 Å². The van der Waals surface area contributed by atoms with E-state index in [1.54, 1.807) is 7.11 Å². The van der Waals surface area contributed by atoms with Gasteiger partial charge in [0.15, 0.2) is 0 Å². The van der Waals surface area contributed by atoms with E-state index < -0.39 is 0 Å². The van der Waals surface area contributed by atoms with Crippen LogP contribution in [0.15, 0.2) is 18.2 Å². The van der Waals surface area contributed by atoms with Gasteiger partial charge in [-0.25, -0.2) is 0 Å². The number of thiophene rings is 1. The highest BCUT2D eigenvalue weighted by molar-refractivity contribution is 7.19. The largest absolute Gasteiger partial charge is 0.497 e. The fourth-order valence-electron chi connectivity index (χ4n) is 1.46. The molecular weight excluding hydrogens is 180 g/mol. The van der Waals surface area contributed by atoms with Gasteiger partial charge in [0.1, 0.15) is 5.75 Å². The minimum Gasteiger partial charge on any atom is -0.497 e. The molecule has 0 N–H and O–H groups in total. The molecule has 0 fully saturated rings. The number of methoxy groups -OCH3 is 1. The average molecular weight is 192 g/mol. The summed E-state index contributed by atoms with van der Waals surface area (Å²) >= 11 is 1.83. The average Bonchev–Trinajstić information content (AvgIpc) is 2.42. The molecule has 0 atom stereocenters. The summed E-state index contributed by atoms with van der Waals surface area (Å²) < 4.78 is 6.49. The molecule has 1 aromatic carbocycles. The monoisotopic (exact) mass is 192 g/mol. The predicted octanol–water partition coefficient (Wildman–Crippen LogP) is 3.53. The van der Waals surface area contributed by atoms with Crippen molar-refractivity contribution < 1.29 is 4.74 Å². The number of aryl methyl sites for hydroxylation is 2. The molecule has 0 aliphatic carbocycles. The van der Waals surface area contributed by atoms with E-state index in [9.17, 15) is 0 Å². The number of fused-ring (bicyclic) bond motifs is 1. The zero-order chi connectivity index (χ0) is 9.42. The maximum atomic E-state index is 5.18. The summed E-state index contributed by atoms with van der Waals surface area (Å²) in [4.78, 5) is 1.39. The SMILES string of the molecule is COc1ccc2c(C)c(C)sc2c1. The van der Waals surface area contributed by atoms with Gasteiger partial charge in [-0.05, 0) is 43.0 Å². The Morgan fingerprint density at radius 2 is 2.00 bits per heavy atom. The van der Waals surface area contributed by atoms with Crippen molar-refractivity contribution in [3.05, 3.63) is 28.6 Å². The minimum atomic E-state index is 0.939. The van der Waals surface area contributed by atoms with Gasteiger partial charge in [0.2, 0.25) is 0 Å². The Kier molecular flexibility index (Phi) is 2.00. The van der Waals surface area contributed by atoms with E-state index in [4.69, 9.17) is 4.74 Å². The Hall–Kier alpha value is -1.02. The number of hydrogen-bond donors (Lipinski definition) is 0. The number of benzene rings is 1. The van der Waals surface area contributed by atoms with Crippen molar-refractivity contribution in [1.82, 2.24) is 0 Å². The Morgan fingerprint density at radius 3 is 2.69 bits per heavy atom. The molecule has 0 spiro atoms. The fourth-order valence-corrected chi connectivity index (χ4v) is 2.55. The van der Waals surface area contributed by atoms with Gasteiger partial charge < -0.3 is 4.74 Å². The predicted molar refractivity (Wildman–Crippen MR) is 57.9 cm³/mol. The van der Waals surface area contributed by atoms with Gasteiger partial charge in [-0.2, -0.15) is 0 Å². The van der Waals surface area contributed by atoms with Gasteiger partial charge in [0.05, 0.1) is 7.11 Å². The molecule has 0 aliphatic rings. The highest BCUT2D eigenvalue weighted by Crippen LogP contribution is 2.32. The van der Waals surface area contributed by atoms with Crippen molar-refractivity contribution >= 4 is 21.4 Å². The van der Waals surface area contributed by atoms with Crippen LogP contribution in [0.1, 0.15) is 10.4 Å². The van der Waals surface area contributed by atoms with Crippen LogP contribution in [-0.4, -0.2) is 7.11 Å². The molecule has 1 aromatic heterocycles. The van der Waals surface area contributed by atoms with E-state index in [1.165, 1.54) is 20.5 Å². The van der Waals surface area contributed by atoms with E-state index in [-0.39, 0.29) is 0 Å². The third-order valence-corrected chi connectivity index (χ3v) is 3.55. The molecule has 1 nitrogen and oxygen atoms in total. The van der Waals surface area contributed by atoms with Crippen molar-refractivity contribution in [2.75, 3.05) is 7.11 Å². The standard InChI is InChI=1S/C11H12OS/c1-7-8(2)13-11-6-9(12-3)4-5-10(7)11/h4-6H,1-3H3. The number of rotatable bonds is 1. The van der Waals surface area contributed by atoms with Gasteiger partial charge in [-0.1, -0.05) is 0 Å².